The van der Waals surface area contributed by atoms with E-state index in [1.54, 1.807) is 0 Å². The van der Waals surface area contributed by atoms with Gasteiger partial charge in [0.05, 0.1) is 0 Å². The number of carbonyl (C=O) groups is 3. The van der Waals surface area contributed by atoms with Gasteiger partial charge in [0, 0.05) is 19.3 Å². The van der Waals surface area contributed by atoms with Crippen LogP contribution >= 0.6 is 0 Å². The molecule has 0 aliphatic rings. The van der Waals surface area contributed by atoms with Crippen molar-refractivity contribution in [2.24, 2.45) is 0 Å². The van der Waals surface area contributed by atoms with Gasteiger partial charge in [-0.1, -0.05) is 200 Å². The standard InChI is InChI=1S/C58H92O6/c1-4-7-10-13-16-19-22-25-27-29-31-33-36-39-42-45-48-51-57(60)63-54-55(53-62-56(59)50-47-44-41-38-35-32-24-21-18-15-12-9-6-3)64-58(61)52-49-46-43-40-37-34-30-28-26-23-20-17-14-11-8-5-2/h8-9,11-12,15-21,24-28,32,34-35,37,55H,4-7,10,13-14,22-23,29-31,33,36,38-54H2,1-3H3/b11-8+,12-9+,18-15+,19-16+,20-17+,24-21+,27-25+,28-26+,35-32+,37-34+. The fourth-order valence-electron chi connectivity index (χ4n) is 6.47. The molecule has 0 aromatic carbocycles. The van der Waals surface area contributed by atoms with Crippen molar-refractivity contribution in [3.63, 3.8) is 0 Å². The van der Waals surface area contributed by atoms with Crippen molar-refractivity contribution in [3.05, 3.63) is 122 Å². The third kappa shape index (κ3) is 48.8. The Labute approximate surface area is 392 Å². The normalized spacial score (nSPS) is 13.1. The highest BCUT2D eigenvalue weighted by atomic mass is 16.6. The van der Waals surface area contributed by atoms with Crippen LogP contribution in [-0.2, 0) is 28.6 Å². The van der Waals surface area contributed by atoms with Crippen LogP contribution in [0.2, 0.25) is 0 Å². The molecule has 0 saturated carbocycles. The Bertz CT molecular complexity index is 1390. The summed E-state index contributed by atoms with van der Waals surface area (Å²) in [5, 5.41) is 0. The monoisotopic (exact) mass is 885 g/mol. The van der Waals surface area contributed by atoms with E-state index in [0.29, 0.717) is 19.3 Å². The lowest BCUT2D eigenvalue weighted by molar-refractivity contribution is -0.167. The highest BCUT2D eigenvalue weighted by Crippen LogP contribution is 2.13. The van der Waals surface area contributed by atoms with Crippen molar-refractivity contribution in [2.45, 2.75) is 213 Å². The third-order valence-electron chi connectivity index (χ3n) is 10.3. The predicted molar refractivity (Wildman–Crippen MR) is 274 cm³/mol. The SMILES string of the molecule is CC/C=C/C=C/C=C/C=C/CCCCCC(=O)OCC(COC(=O)CCCCCCCCC/C=C/C/C=C/CCCCC)OC(=O)CCCCC/C=C/C/C=C/C/C=C/C/C=C/CC. The zero-order chi connectivity index (χ0) is 46.5. The molecule has 0 rings (SSSR count). The van der Waals surface area contributed by atoms with Crippen molar-refractivity contribution in [1.29, 1.82) is 0 Å². The van der Waals surface area contributed by atoms with Gasteiger partial charge in [0.25, 0.3) is 0 Å². The molecule has 0 aromatic heterocycles. The second-order valence-corrected chi connectivity index (χ2v) is 16.4. The van der Waals surface area contributed by atoms with E-state index in [-0.39, 0.29) is 37.5 Å². The van der Waals surface area contributed by atoms with Gasteiger partial charge in [-0.25, -0.2) is 0 Å². The Morgan fingerprint density at radius 2 is 0.688 bits per heavy atom. The van der Waals surface area contributed by atoms with Gasteiger partial charge >= 0.3 is 17.9 Å². The molecule has 360 valence electrons. The molecular weight excluding hydrogens is 793 g/mol. The summed E-state index contributed by atoms with van der Waals surface area (Å²) in [7, 11) is 0. The summed E-state index contributed by atoms with van der Waals surface area (Å²) in [6.07, 6.45) is 70.4. The molecule has 1 atom stereocenters. The topological polar surface area (TPSA) is 78.9 Å². The maximum Gasteiger partial charge on any atom is 0.306 e. The lowest BCUT2D eigenvalue weighted by atomic mass is 10.1. The van der Waals surface area contributed by atoms with Gasteiger partial charge in [-0.3, -0.25) is 14.4 Å². The van der Waals surface area contributed by atoms with Gasteiger partial charge in [0.2, 0.25) is 0 Å². The van der Waals surface area contributed by atoms with Crippen LogP contribution < -0.4 is 0 Å². The van der Waals surface area contributed by atoms with Crippen LogP contribution in [0.4, 0.5) is 0 Å². The zero-order valence-electron chi connectivity index (χ0n) is 41.0. The quantitative estimate of drug-likeness (QED) is 0.0199. The van der Waals surface area contributed by atoms with E-state index in [0.717, 1.165) is 109 Å². The Balaban J connectivity index is 4.53. The van der Waals surface area contributed by atoms with Crippen molar-refractivity contribution < 1.29 is 28.6 Å². The molecule has 0 heterocycles. The van der Waals surface area contributed by atoms with Crippen LogP contribution in [0, 0.1) is 0 Å². The lowest BCUT2D eigenvalue weighted by Gasteiger charge is -2.18. The number of hydrogen-bond donors (Lipinski definition) is 0. The average molecular weight is 885 g/mol. The number of ether oxygens (including phenoxy) is 3. The zero-order valence-corrected chi connectivity index (χ0v) is 41.0. The van der Waals surface area contributed by atoms with Crippen molar-refractivity contribution >= 4 is 17.9 Å². The Kier molecular flexibility index (Phi) is 48.1. The molecule has 0 N–H and O–H groups in total. The van der Waals surface area contributed by atoms with Crippen LogP contribution in [0.25, 0.3) is 0 Å². The number of allylic oxidation sites excluding steroid dienone is 20. The first-order valence-electron chi connectivity index (χ1n) is 25.6. The van der Waals surface area contributed by atoms with E-state index in [9.17, 15) is 14.4 Å². The highest BCUT2D eigenvalue weighted by molar-refractivity contribution is 5.71. The lowest BCUT2D eigenvalue weighted by Crippen LogP contribution is -2.30. The first-order valence-corrected chi connectivity index (χ1v) is 25.6. The van der Waals surface area contributed by atoms with Gasteiger partial charge in [-0.05, 0) is 109 Å². The summed E-state index contributed by atoms with van der Waals surface area (Å²) in [4.78, 5) is 38.0. The minimum Gasteiger partial charge on any atom is -0.462 e. The number of rotatable bonds is 44. The Morgan fingerprint density at radius 1 is 0.344 bits per heavy atom. The molecule has 6 heteroatoms. The van der Waals surface area contributed by atoms with E-state index >= 15 is 0 Å². The molecule has 0 radical (unpaired) electrons. The fraction of sp³-hybridized carbons (Fsp3) is 0.603. The minimum atomic E-state index is -0.817. The second-order valence-electron chi connectivity index (χ2n) is 16.4. The first kappa shape index (κ1) is 59.8. The van der Waals surface area contributed by atoms with Gasteiger partial charge in [0.1, 0.15) is 13.2 Å². The van der Waals surface area contributed by atoms with Crippen LogP contribution in [0.5, 0.6) is 0 Å². The van der Waals surface area contributed by atoms with Crippen LogP contribution in [0.3, 0.4) is 0 Å². The van der Waals surface area contributed by atoms with Gasteiger partial charge in [-0.2, -0.15) is 0 Å². The van der Waals surface area contributed by atoms with Crippen LogP contribution in [-0.4, -0.2) is 37.2 Å². The average Bonchev–Trinajstić information content (AvgIpc) is 3.29. The van der Waals surface area contributed by atoms with E-state index < -0.39 is 6.10 Å². The Morgan fingerprint density at radius 3 is 1.16 bits per heavy atom. The number of unbranched alkanes of at least 4 members (excludes halogenated alkanes) is 16. The highest BCUT2D eigenvalue weighted by Gasteiger charge is 2.19. The molecule has 0 spiro atoms. The molecule has 6 nitrogen and oxygen atoms in total. The molecule has 0 bridgehead atoms. The van der Waals surface area contributed by atoms with Crippen LogP contribution in [0.1, 0.15) is 207 Å². The number of esters is 3. The second kappa shape index (κ2) is 51.4. The number of hydrogen-bond acceptors (Lipinski definition) is 6. The van der Waals surface area contributed by atoms with Gasteiger partial charge in [0.15, 0.2) is 6.10 Å². The summed E-state index contributed by atoms with van der Waals surface area (Å²) in [5.41, 5.74) is 0. The molecule has 0 saturated heterocycles. The molecule has 0 aromatic rings. The van der Waals surface area contributed by atoms with E-state index in [4.69, 9.17) is 14.2 Å². The molecule has 0 aliphatic carbocycles. The largest absolute Gasteiger partial charge is 0.462 e. The molecule has 64 heavy (non-hydrogen) atoms. The van der Waals surface area contributed by atoms with Crippen molar-refractivity contribution in [3.8, 4) is 0 Å². The summed E-state index contributed by atoms with van der Waals surface area (Å²) < 4.78 is 16.7. The molecular formula is C58H92O6. The van der Waals surface area contributed by atoms with Crippen LogP contribution in [0.15, 0.2) is 122 Å². The maximum atomic E-state index is 12.8. The smallest absolute Gasteiger partial charge is 0.306 e. The van der Waals surface area contributed by atoms with Gasteiger partial charge < -0.3 is 14.2 Å². The van der Waals surface area contributed by atoms with E-state index in [2.05, 4.69) is 106 Å². The summed E-state index contributed by atoms with van der Waals surface area (Å²) in [5.74, 6) is -0.999. The molecule has 1 unspecified atom stereocenters. The molecule has 0 amide bonds. The molecule has 0 aliphatic heterocycles. The Hall–Kier alpha value is -4.19. The van der Waals surface area contributed by atoms with Gasteiger partial charge in [-0.15, -0.1) is 0 Å². The molecule has 0 fully saturated rings. The van der Waals surface area contributed by atoms with E-state index in [1.165, 1.54) is 51.4 Å². The summed E-state index contributed by atoms with van der Waals surface area (Å²) >= 11 is 0. The predicted octanol–water partition coefficient (Wildman–Crippen LogP) is 16.9. The van der Waals surface area contributed by atoms with Crippen molar-refractivity contribution in [1.82, 2.24) is 0 Å². The number of carbonyl (C=O) groups excluding carboxylic acids is 3. The first-order chi connectivity index (χ1) is 31.5. The maximum absolute atomic E-state index is 12.8. The fourth-order valence-corrected chi connectivity index (χ4v) is 6.47. The van der Waals surface area contributed by atoms with Crippen molar-refractivity contribution in [2.75, 3.05) is 13.2 Å². The third-order valence-corrected chi connectivity index (χ3v) is 10.3. The minimum absolute atomic E-state index is 0.112. The summed E-state index contributed by atoms with van der Waals surface area (Å²) in [6, 6.07) is 0. The summed E-state index contributed by atoms with van der Waals surface area (Å²) in [6.45, 7) is 6.27. The van der Waals surface area contributed by atoms with E-state index in [1.807, 2.05) is 36.5 Å².